The molecule has 4 rings (SSSR count). The third-order valence-electron chi connectivity index (χ3n) is 4.53. The number of allylic oxidation sites excluding steroid dienone is 1. The van der Waals surface area contributed by atoms with Gasteiger partial charge < -0.3 is 14.2 Å². The van der Waals surface area contributed by atoms with Crippen LogP contribution in [0, 0.1) is 0 Å². The van der Waals surface area contributed by atoms with Crippen molar-refractivity contribution in [1.29, 1.82) is 0 Å². The lowest BCUT2D eigenvalue weighted by molar-refractivity contribution is 0.104. The number of methoxy groups -OCH3 is 1. The molecule has 4 nitrogen and oxygen atoms in total. The van der Waals surface area contributed by atoms with Crippen LogP contribution in [0.2, 0.25) is 0 Å². The second kappa shape index (κ2) is 8.88. The van der Waals surface area contributed by atoms with Gasteiger partial charge in [0.05, 0.1) is 7.11 Å². The Balaban J connectivity index is 1.45. The number of hydrogen-bond acceptors (Lipinski definition) is 5. The van der Waals surface area contributed by atoms with Gasteiger partial charge in [-0.05, 0) is 48.0 Å². The van der Waals surface area contributed by atoms with Crippen molar-refractivity contribution in [3.05, 3.63) is 89.5 Å². The Kier molecular flexibility index (Phi) is 5.86. The van der Waals surface area contributed by atoms with Crippen molar-refractivity contribution in [2.75, 3.05) is 13.9 Å². The Hall–Kier alpha value is -3.18. The zero-order valence-electron chi connectivity index (χ0n) is 16.0. The SMILES string of the molecule is COc1cc(/C=C/C(=O)c2ccc3c(c2)OCO3)ccc1CSc1ccccc1. The second-order valence-corrected chi connectivity index (χ2v) is 7.49. The Labute approximate surface area is 174 Å². The fourth-order valence-electron chi connectivity index (χ4n) is 2.98. The monoisotopic (exact) mass is 404 g/mol. The second-order valence-electron chi connectivity index (χ2n) is 6.44. The molecular weight excluding hydrogens is 384 g/mol. The molecule has 0 aromatic heterocycles. The van der Waals surface area contributed by atoms with Gasteiger partial charge in [-0.2, -0.15) is 0 Å². The van der Waals surface area contributed by atoms with Crippen LogP contribution in [0.1, 0.15) is 21.5 Å². The van der Waals surface area contributed by atoms with E-state index in [4.69, 9.17) is 14.2 Å². The van der Waals surface area contributed by atoms with Gasteiger partial charge in [0.1, 0.15) is 5.75 Å². The van der Waals surface area contributed by atoms with Crippen LogP contribution in [0.4, 0.5) is 0 Å². The maximum Gasteiger partial charge on any atom is 0.231 e. The maximum atomic E-state index is 12.5. The Bertz CT molecular complexity index is 1040. The van der Waals surface area contributed by atoms with Crippen molar-refractivity contribution in [2.45, 2.75) is 10.6 Å². The van der Waals surface area contributed by atoms with E-state index < -0.39 is 0 Å². The van der Waals surface area contributed by atoms with Crippen LogP contribution >= 0.6 is 11.8 Å². The molecule has 0 saturated carbocycles. The quantitative estimate of drug-likeness (QED) is 0.291. The maximum absolute atomic E-state index is 12.5. The highest BCUT2D eigenvalue weighted by Crippen LogP contribution is 2.33. The summed E-state index contributed by atoms with van der Waals surface area (Å²) < 4.78 is 16.2. The van der Waals surface area contributed by atoms with Gasteiger partial charge in [0.2, 0.25) is 6.79 Å². The summed E-state index contributed by atoms with van der Waals surface area (Å²) in [5, 5.41) is 0. The molecule has 0 aliphatic carbocycles. The fraction of sp³-hybridized carbons (Fsp3) is 0.125. The average Bonchev–Trinajstić information content (AvgIpc) is 3.25. The van der Waals surface area contributed by atoms with E-state index in [2.05, 4.69) is 12.1 Å². The van der Waals surface area contributed by atoms with Crippen LogP contribution in [0.3, 0.4) is 0 Å². The highest BCUT2D eigenvalue weighted by atomic mass is 32.2. The average molecular weight is 404 g/mol. The Morgan fingerprint density at radius 2 is 1.86 bits per heavy atom. The lowest BCUT2D eigenvalue weighted by Gasteiger charge is -2.09. The van der Waals surface area contributed by atoms with Gasteiger partial charge in [-0.1, -0.05) is 36.4 Å². The van der Waals surface area contributed by atoms with Crippen molar-refractivity contribution < 1.29 is 19.0 Å². The molecule has 0 atom stereocenters. The molecule has 146 valence electrons. The van der Waals surface area contributed by atoms with Crippen molar-refractivity contribution in [2.24, 2.45) is 0 Å². The van der Waals surface area contributed by atoms with E-state index in [-0.39, 0.29) is 12.6 Å². The molecule has 3 aromatic rings. The van der Waals surface area contributed by atoms with E-state index in [0.717, 1.165) is 22.6 Å². The molecule has 0 radical (unpaired) electrons. The van der Waals surface area contributed by atoms with Crippen molar-refractivity contribution >= 4 is 23.6 Å². The molecule has 0 saturated heterocycles. The van der Waals surface area contributed by atoms with Gasteiger partial charge >= 0.3 is 0 Å². The molecule has 0 amide bonds. The summed E-state index contributed by atoms with van der Waals surface area (Å²) in [7, 11) is 1.66. The molecule has 0 spiro atoms. The number of thioether (sulfide) groups is 1. The number of ketones is 1. The number of ether oxygens (including phenoxy) is 3. The smallest absolute Gasteiger partial charge is 0.231 e. The number of fused-ring (bicyclic) bond motifs is 1. The minimum Gasteiger partial charge on any atom is -0.496 e. The Morgan fingerprint density at radius 1 is 1.03 bits per heavy atom. The standard InChI is InChI=1S/C24H20O4S/c1-26-23-13-17(7-9-19(23)15-29-20-5-3-2-4-6-20)8-11-21(25)18-10-12-22-24(14-18)28-16-27-22/h2-14H,15-16H2,1H3/b11-8+. The van der Waals surface area contributed by atoms with Gasteiger partial charge in [-0.15, -0.1) is 11.8 Å². The molecule has 1 aliphatic heterocycles. The van der Waals surface area contributed by atoms with Crippen LogP contribution in [-0.4, -0.2) is 19.7 Å². The molecule has 5 heteroatoms. The molecule has 1 heterocycles. The van der Waals surface area contributed by atoms with E-state index in [1.807, 2.05) is 36.4 Å². The summed E-state index contributed by atoms with van der Waals surface area (Å²) in [4.78, 5) is 13.7. The minimum absolute atomic E-state index is 0.0917. The van der Waals surface area contributed by atoms with Gasteiger partial charge in [0, 0.05) is 21.8 Å². The number of rotatable bonds is 7. The van der Waals surface area contributed by atoms with Crippen LogP contribution in [0.25, 0.3) is 6.08 Å². The van der Waals surface area contributed by atoms with Crippen molar-refractivity contribution in [3.63, 3.8) is 0 Å². The predicted octanol–water partition coefficient (Wildman–Crippen LogP) is 5.61. The molecule has 1 aliphatic rings. The topological polar surface area (TPSA) is 44.8 Å². The minimum atomic E-state index is -0.0917. The third-order valence-corrected chi connectivity index (χ3v) is 5.59. The van der Waals surface area contributed by atoms with E-state index in [0.29, 0.717) is 17.1 Å². The van der Waals surface area contributed by atoms with Crippen LogP contribution in [0.5, 0.6) is 17.2 Å². The number of benzene rings is 3. The molecule has 0 fully saturated rings. The molecular formula is C24H20O4S. The summed E-state index contributed by atoms with van der Waals surface area (Å²) >= 11 is 1.76. The van der Waals surface area contributed by atoms with Gasteiger partial charge in [0.15, 0.2) is 17.3 Å². The van der Waals surface area contributed by atoms with E-state index in [1.54, 1.807) is 49.2 Å². The summed E-state index contributed by atoms with van der Waals surface area (Å²) in [6.07, 6.45) is 3.36. The lowest BCUT2D eigenvalue weighted by Crippen LogP contribution is -1.95. The van der Waals surface area contributed by atoms with E-state index >= 15 is 0 Å². The van der Waals surface area contributed by atoms with Crippen molar-refractivity contribution in [1.82, 2.24) is 0 Å². The first-order chi connectivity index (χ1) is 14.2. The summed E-state index contributed by atoms with van der Waals surface area (Å²) in [6.45, 7) is 0.192. The number of carbonyl (C=O) groups is 1. The fourth-order valence-corrected chi connectivity index (χ4v) is 3.89. The number of hydrogen-bond donors (Lipinski definition) is 0. The number of carbonyl (C=O) groups excluding carboxylic acids is 1. The normalized spacial score (nSPS) is 12.3. The molecule has 0 bridgehead atoms. The Morgan fingerprint density at radius 3 is 2.69 bits per heavy atom. The highest BCUT2D eigenvalue weighted by molar-refractivity contribution is 7.98. The van der Waals surface area contributed by atoms with Gasteiger partial charge in [-0.25, -0.2) is 0 Å². The largest absolute Gasteiger partial charge is 0.496 e. The zero-order chi connectivity index (χ0) is 20.1. The van der Waals surface area contributed by atoms with Gasteiger partial charge in [-0.3, -0.25) is 4.79 Å². The summed E-state index contributed by atoms with van der Waals surface area (Å²) in [6, 6.07) is 21.4. The summed E-state index contributed by atoms with van der Waals surface area (Å²) in [5.41, 5.74) is 2.58. The van der Waals surface area contributed by atoms with E-state index in [9.17, 15) is 4.79 Å². The zero-order valence-corrected chi connectivity index (χ0v) is 16.8. The summed E-state index contributed by atoms with van der Waals surface area (Å²) in [5.74, 6) is 2.80. The third kappa shape index (κ3) is 4.63. The first-order valence-corrected chi connectivity index (χ1v) is 10.2. The lowest BCUT2D eigenvalue weighted by atomic mass is 10.1. The first kappa shape index (κ1) is 19.2. The van der Waals surface area contributed by atoms with Gasteiger partial charge in [0.25, 0.3) is 0 Å². The first-order valence-electron chi connectivity index (χ1n) is 9.20. The van der Waals surface area contributed by atoms with Crippen LogP contribution in [0.15, 0.2) is 77.7 Å². The van der Waals surface area contributed by atoms with Crippen LogP contribution in [-0.2, 0) is 5.75 Å². The highest BCUT2D eigenvalue weighted by Gasteiger charge is 2.15. The molecule has 3 aromatic carbocycles. The molecule has 0 N–H and O–H groups in total. The van der Waals surface area contributed by atoms with E-state index in [1.165, 1.54) is 4.90 Å². The van der Waals surface area contributed by atoms with Crippen LogP contribution < -0.4 is 14.2 Å². The molecule has 0 unspecified atom stereocenters. The predicted molar refractivity (Wildman–Crippen MR) is 115 cm³/mol. The van der Waals surface area contributed by atoms with Crippen molar-refractivity contribution in [3.8, 4) is 17.2 Å². The molecule has 29 heavy (non-hydrogen) atoms.